The standard InChI is InChI=1S/C10H18N2S/c1-7-6-13-9(12-7)5-8(11)10(2,3)4/h6,8H,5,11H2,1-4H3. The lowest BCUT2D eigenvalue weighted by Gasteiger charge is -2.26. The monoisotopic (exact) mass is 198 g/mol. The zero-order valence-electron chi connectivity index (χ0n) is 8.79. The highest BCUT2D eigenvalue weighted by Gasteiger charge is 2.21. The van der Waals surface area contributed by atoms with Crippen LogP contribution >= 0.6 is 11.3 Å². The van der Waals surface area contributed by atoms with Gasteiger partial charge in [0.05, 0.1) is 5.01 Å². The zero-order chi connectivity index (χ0) is 10.1. The first kappa shape index (κ1) is 10.7. The summed E-state index contributed by atoms with van der Waals surface area (Å²) in [5.74, 6) is 0. The second kappa shape index (κ2) is 3.76. The molecule has 0 spiro atoms. The van der Waals surface area contributed by atoms with Crippen molar-refractivity contribution in [2.75, 3.05) is 0 Å². The summed E-state index contributed by atoms with van der Waals surface area (Å²) in [5, 5.41) is 3.23. The smallest absolute Gasteiger partial charge is 0.0943 e. The van der Waals surface area contributed by atoms with Gasteiger partial charge in [-0.2, -0.15) is 0 Å². The van der Waals surface area contributed by atoms with E-state index in [-0.39, 0.29) is 11.5 Å². The molecule has 0 aliphatic heterocycles. The first-order chi connectivity index (χ1) is 5.89. The summed E-state index contributed by atoms with van der Waals surface area (Å²) in [6, 6.07) is 0.193. The third kappa shape index (κ3) is 3.08. The Hall–Kier alpha value is -0.410. The molecule has 2 nitrogen and oxygen atoms in total. The Morgan fingerprint density at radius 1 is 1.54 bits per heavy atom. The molecule has 1 rings (SSSR count). The summed E-state index contributed by atoms with van der Waals surface area (Å²) in [7, 11) is 0. The molecule has 0 aromatic carbocycles. The normalized spacial score (nSPS) is 14.5. The summed E-state index contributed by atoms with van der Waals surface area (Å²) in [6.45, 7) is 8.51. The van der Waals surface area contributed by atoms with Gasteiger partial charge in [0.1, 0.15) is 0 Å². The fourth-order valence-electron chi connectivity index (χ4n) is 0.991. The van der Waals surface area contributed by atoms with Crippen LogP contribution in [0.2, 0.25) is 0 Å². The molecule has 0 amide bonds. The van der Waals surface area contributed by atoms with Crippen molar-refractivity contribution in [1.82, 2.24) is 4.98 Å². The number of nitrogens with zero attached hydrogens (tertiary/aromatic N) is 1. The highest BCUT2D eigenvalue weighted by molar-refractivity contribution is 7.09. The minimum absolute atomic E-state index is 0.166. The molecule has 0 radical (unpaired) electrons. The van der Waals surface area contributed by atoms with E-state index in [4.69, 9.17) is 5.73 Å². The van der Waals surface area contributed by atoms with Crippen LogP contribution in [-0.2, 0) is 6.42 Å². The van der Waals surface area contributed by atoms with Crippen LogP contribution in [0.4, 0.5) is 0 Å². The number of thiazole rings is 1. The molecule has 1 unspecified atom stereocenters. The molecule has 3 heteroatoms. The minimum atomic E-state index is 0.166. The van der Waals surface area contributed by atoms with Crippen LogP contribution in [0.3, 0.4) is 0 Å². The summed E-state index contributed by atoms with van der Waals surface area (Å²) >= 11 is 1.70. The maximum absolute atomic E-state index is 6.06. The Morgan fingerprint density at radius 2 is 2.15 bits per heavy atom. The molecule has 0 bridgehead atoms. The number of aryl methyl sites for hydroxylation is 1. The fraction of sp³-hybridized carbons (Fsp3) is 0.700. The van der Waals surface area contributed by atoms with Crippen LogP contribution < -0.4 is 5.73 Å². The second-order valence-electron chi connectivity index (χ2n) is 4.56. The van der Waals surface area contributed by atoms with E-state index in [0.29, 0.717) is 0 Å². The highest BCUT2D eigenvalue weighted by atomic mass is 32.1. The van der Waals surface area contributed by atoms with E-state index in [1.807, 2.05) is 6.92 Å². The van der Waals surface area contributed by atoms with Gasteiger partial charge in [-0.3, -0.25) is 0 Å². The molecule has 1 heterocycles. The molecule has 1 aromatic heterocycles. The number of nitrogens with two attached hydrogens (primary N) is 1. The van der Waals surface area contributed by atoms with Crippen LogP contribution in [0.25, 0.3) is 0 Å². The largest absolute Gasteiger partial charge is 0.327 e. The van der Waals surface area contributed by atoms with Crippen LogP contribution in [-0.4, -0.2) is 11.0 Å². The van der Waals surface area contributed by atoms with E-state index in [2.05, 4.69) is 31.1 Å². The van der Waals surface area contributed by atoms with Gasteiger partial charge in [-0.1, -0.05) is 20.8 Å². The molecular formula is C10H18N2S. The van der Waals surface area contributed by atoms with Crippen molar-refractivity contribution < 1.29 is 0 Å². The van der Waals surface area contributed by atoms with Gasteiger partial charge >= 0.3 is 0 Å². The van der Waals surface area contributed by atoms with E-state index in [1.54, 1.807) is 11.3 Å². The van der Waals surface area contributed by atoms with Crippen molar-refractivity contribution in [2.24, 2.45) is 11.1 Å². The van der Waals surface area contributed by atoms with Crippen LogP contribution in [0, 0.1) is 12.3 Å². The Bertz CT molecular complexity index is 273. The summed E-state index contributed by atoms with van der Waals surface area (Å²) < 4.78 is 0. The Balaban J connectivity index is 2.60. The third-order valence-corrected chi connectivity index (χ3v) is 3.16. The summed E-state index contributed by atoms with van der Waals surface area (Å²) in [4.78, 5) is 4.40. The molecule has 0 saturated carbocycles. The Morgan fingerprint density at radius 3 is 2.54 bits per heavy atom. The van der Waals surface area contributed by atoms with Gasteiger partial charge in [0.15, 0.2) is 0 Å². The van der Waals surface area contributed by atoms with E-state index in [1.165, 1.54) is 0 Å². The van der Waals surface area contributed by atoms with E-state index in [0.717, 1.165) is 17.1 Å². The van der Waals surface area contributed by atoms with Gasteiger partial charge in [0.2, 0.25) is 0 Å². The lowest BCUT2D eigenvalue weighted by atomic mass is 9.86. The SMILES string of the molecule is Cc1csc(CC(N)C(C)(C)C)n1. The van der Waals surface area contributed by atoms with Gasteiger partial charge < -0.3 is 5.73 Å². The fourth-order valence-corrected chi connectivity index (χ4v) is 1.82. The van der Waals surface area contributed by atoms with Crippen molar-refractivity contribution in [3.05, 3.63) is 16.1 Å². The molecule has 2 N–H and O–H groups in total. The van der Waals surface area contributed by atoms with E-state index >= 15 is 0 Å². The van der Waals surface area contributed by atoms with Crippen molar-refractivity contribution >= 4 is 11.3 Å². The lowest BCUT2D eigenvalue weighted by molar-refractivity contribution is 0.318. The molecule has 1 aromatic rings. The first-order valence-corrected chi connectivity index (χ1v) is 5.44. The van der Waals surface area contributed by atoms with Gasteiger partial charge in [-0.25, -0.2) is 4.98 Å². The van der Waals surface area contributed by atoms with E-state index < -0.39 is 0 Å². The number of hydrogen-bond donors (Lipinski definition) is 1. The zero-order valence-corrected chi connectivity index (χ0v) is 9.61. The van der Waals surface area contributed by atoms with Crippen molar-refractivity contribution in [3.63, 3.8) is 0 Å². The molecule has 0 saturated heterocycles. The van der Waals surface area contributed by atoms with Crippen LogP contribution in [0.5, 0.6) is 0 Å². The Labute approximate surface area is 84.2 Å². The third-order valence-electron chi connectivity index (χ3n) is 2.17. The maximum atomic E-state index is 6.06. The van der Waals surface area contributed by atoms with E-state index in [9.17, 15) is 0 Å². The summed E-state index contributed by atoms with van der Waals surface area (Å²) in [6.07, 6.45) is 0.891. The molecular weight excluding hydrogens is 180 g/mol. The predicted octanol–water partition coefficient (Wildman–Crippen LogP) is 2.37. The topological polar surface area (TPSA) is 38.9 Å². The average Bonchev–Trinajstić information content (AvgIpc) is 2.33. The van der Waals surface area contributed by atoms with Crippen LogP contribution in [0.1, 0.15) is 31.5 Å². The number of rotatable bonds is 2. The van der Waals surface area contributed by atoms with Crippen molar-refractivity contribution in [1.29, 1.82) is 0 Å². The molecule has 0 aliphatic rings. The first-order valence-electron chi connectivity index (χ1n) is 4.56. The number of aromatic nitrogens is 1. The summed E-state index contributed by atoms with van der Waals surface area (Å²) in [5.41, 5.74) is 7.32. The maximum Gasteiger partial charge on any atom is 0.0943 e. The van der Waals surface area contributed by atoms with Gasteiger partial charge in [-0.05, 0) is 12.3 Å². The molecule has 0 aliphatic carbocycles. The second-order valence-corrected chi connectivity index (χ2v) is 5.50. The lowest BCUT2D eigenvalue weighted by Crippen LogP contribution is -2.36. The highest BCUT2D eigenvalue weighted by Crippen LogP contribution is 2.21. The van der Waals surface area contributed by atoms with Gasteiger partial charge in [0, 0.05) is 23.5 Å². The quantitative estimate of drug-likeness (QED) is 0.792. The molecule has 0 fully saturated rings. The minimum Gasteiger partial charge on any atom is -0.327 e. The number of hydrogen-bond acceptors (Lipinski definition) is 3. The Kier molecular flexibility index (Phi) is 3.09. The van der Waals surface area contributed by atoms with Crippen molar-refractivity contribution in [3.8, 4) is 0 Å². The molecule has 13 heavy (non-hydrogen) atoms. The van der Waals surface area contributed by atoms with Gasteiger partial charge in [0.25, 0.3) is 0 Å². The van der Waals surface area contributed by atoms with Crippen molar-refractivity contribution in [2.45, 2.75) is 40.2 Å². The average molecular weight is 198 g/mol. The molecule has 74 valence electrons. The van der Waals surface area contributed by atoms with Gasteiger partial charge in [-0.15, -0.1) is 11.3 Å². The molecule has 1 atom stereocenters. The predicted molar refractivity (Wildman–Crippen MR) is 58.0 cm³/mol. The van der Waals surface area contributed by atoms with Crippen LogP contribution in [0.15, 0.2) is 5.38 Å².